The van der Waals surface area contributed by atoms with E-state index in [4.69, 9.17) is 0 Å². The Labute approximate surface area is 115 Å². The number of carbonyl (C=O) groups is 1. The number of nitrogens with zero attached hydrogens (tertiary/aromatic N) is 2. The quantitative estimate of drug-likeness (QED) is 0.869. The number of para-hydroxylation sites is 1. The van der Waals surface area contributed by atoms with Gasteiger partial charge in [0.1, 0.15) is 5.69 Å². The van der Waals surface area contributed by atoms with Crippen LogP contribution in [-0.2, 0) is 0 Å². The van der Waals surface area contributed by atoms with E-state index in [-0.39, 0.29) is 5.91 Å². The molecule has 1 aromatic heterocycles. The second-order valence-electron chi connectivity index (χ2n) is 3.72. The highest BCUT2D eigenvalue weighted by Crippen LogP contribution is 2.20. The Hall–Kier alpha value is -1.68. The molecule has 92 valence electrons. The number of rotatable bonds is 3. The van der Waals surface area contributed by atoms with Crippen molar-refractivity contribution in [2.45, 2.75) is 6.92 Å². The van der Waals surface area contributed by atoms with Crippen LogP contribution in [0.2, 0.25) is 0 Å². The van der Waals surface area contributed by atoms with Crippen LogP contribution in [0.15, 0.2) is 53.1 Å². The largest absolute Gasteiger partial charge is 0.307 e. The molecule has 0 radical (unpaired) electrons. The van der Waals surface area contributed by atoms with Crippen LogP contribution in [-0.4, -0.2) is 17.4 Å². The summed E-state index contributed by atoms with van der Waals surface area (Å²) in [6, 6.07) is 13.2. The number of hydrogen-bond acceptors (Lipinski definition) is 2. The normalized spacial score (nSPS) is 10.1. The zero-order valence-corrected chi connectivity index (χ0v) is 11.6. The molecule has 0 saturated carbocycles. The van der Waals surface area contributed by atoms with Gasteiger partial charge < -0.3 is 4.90 Å². The van der Waals surface area contributed by atoms with Gasteiger partial charge in [0.05, 0.1) is 0 Å². The molecule has 4 heteroatoms. The molecule has 0 aliphatic rings. The number of aromatic nitrogens is 1. The molecule has 0 atom stereocenters. The van der Waals surface area contributed by atoms with Crippen LogP contribution in [0.3, 0.4) is 0 Å². The van der Waals surface area contributed by atoms with Gasteiger partial charge >= 0.3 is 0 Å². The van der Waals surface area contributed by atoms with Crippen molar-refractivity contribution in [1.29, 1.82) is 0 Å². The SMILES string of the molecule is CCN(C(=O)c1ncccc1Br)c1ccccc1. The summed E-state index contributed by atoms with van der Waals surface area (Å²) in [6.07, 6.45) is 1.62. The topological polar surface area (TPSA) is 33.2 Å². The first-order chi connectivity index (χ1) is 8.74. The Bertz CT molecular complexity index is 543. The summed E-state index contributed by atoms with van der Waals surface area (Å²) >= 11 is 3.36. The zero-order chi connectivity index (χ0) is 13.0. The summed E-state index contributed by atoms with van der Waals surface area (Å²) in [7, 11) is 0. The van der Waals surface area contributed by atoms with Crippen molar-refractivity contribution in [3.05, 3.63) is 58.8 Å². The fourth-order valence-corrected chi connectivity index (χ4v) is 2.15. The van der Waals surface area contributed by atoms with Gasteiger partial charge in [-0.3, -0.25) is 4.79 Å². The van der Waals surface area contributed by atoms with Gasteiger partial charge in [-0.1, -0.05) is 18.2 Å². The Morgan fingerprint density at radius 2 is 1.94 bits per heavy atom. The first-order valence-electron chi connectivity index (χ1n) is 5.71. The third-order valence-corrected chi connectivity index (χ3v) is 3.23. The number of halogens is 1. The second kappa shape index (κ2) is 5.78. The van der Waals surface area contributed by atoms with Gasteiger partial charge in [0, 0.05) is 22.9 Å². The number of hydrogen-bond donors (Lipinski definition) is 0. The molecular weight excluding hydrogens is 292 g/mol. The van der Waals surface area contributed by atoms with Crippen molar-refractivity contribution in [2.75, 3.05) is 11.4 Å². The predicted octanol–water partition coefficient (Wildman–Crippen LogP) is 3.51. The first-order valence-corrected chi connectivity index (χ1v) is 6.50. The number of amides is 1. The molecule has 1 heterocycles. The summed E-state index contributed by atoms with van der Waals surface area (Å²) in [5.74, 6) is -0.101. The Kier molecular flexibility index (Phi) is 4.10. The monoisotopic (exact) mass is 304 g/mol. The van der Waals surface area contributed by atoms with Crippen molar-refractivity contribution >= 4 is 27.5 Å². The number of benzene rings is 1. The van der Waals surface area contributed by atoms with Crippen molar-refractivity contribution in [1.82, 2.24) is 4.98 Å². The lowest BCUT2D eigenvalue weighted by Crippen LogP contribution is -2.31. The molecule has 3 nitrogen and oxygen atoms in total. The lowest BCUT2D eigenvalue weighted by Gasteiger charge is -2.20. The standard InChI is InChI=1S/C14H13BrN2O/c1-2-17(11-7-4-3-5-8-11)14(18)13-12(15)9-6-10-16-13/h3-10H,2H2,1H3. The van der Waals surface area contributed by atoms with Crippen molar-refractivity contribution in [2.24, 2.45) is 0 Å². The molecule has 0 aliphatic carbocycles. The third kappa shape index (κ3) is 2.59. The third-order valence-electron chi connectivity index (χ3n) is 2.59. The van der Waals surface area contributed by atoms with Crippen LogP contribution in [0.5, 0.6) is 0 Å². The molecule has 0 bridgehead atoms. The molecule has 2 rings (SSSR count). The molecule has 0 fully saturated rings. The van der Waals surface area contributed by atoms with Gasteiger partial charge in [-0.05, 0) is 47.1 Å². The molecule has 0 aliphatic heterocycles. The lowest BCUT2D eigenvalue weighted by molar-refractivity contribution is 0.0983. The van der Waals surface area contributed by atoms with Crippen molar-refractivity contribution < 1.29 is 4.79 Å². The van der Waals surface area contributed by atoms with Crippen LogP contribution in [0, 0.1) is 0 Å². The predicted molar refractivity (Wildman–Crippen MR) is 75.7 cm³/mol. The van der Waals surface area contributed by atoms with Gasteiger partial charge in [-0.25, -0.2) is 4.98 Å². The lowest BCUT2D eigenvalue weighted by atomic mass is 10.2. The summed E-state index contributed by atoms with van der Waals surface area (Å²) in [6.45, 7) is 2.55. The summed E-state index contributed by atoms with van der Waals surface area (Å²) in [4.78, 5) is 18.3. The van der Waals surface area contributed by atoms with Crippen LogP contribution >= 0.6 is 15.9 Å². The maximum atomic E-state index is 12.4. The average Bonchev–Trinajstić information content (AvgIpc) is 2.41. The van der Waals surface area contributed by atoms with Gasteiger partial charge in [0.2, 0.25) is 0 Å². The summed E-state index contributed by atoms with van der Waals surface area (Å²) < 4.78 is 0.712. The van der Waals surface area contributed by atoms with Gasteiger partial charge in [0.25, 0.3) is 5.91 Å². The number of anilines is 1. The smallest absolute Gasteiger partial charge is 0.278 e. The molecule has 18 heavy (non-hydrogen) atoms. The van der Waals surface area contributed by atoms with E-state index in [1.54, 1.807) is 17.2 Å². The van der Waals surface area contributed by atoms with E-state index in [9.17, 15) is 4.79 Å². The van der Waals surface area contributed by atoms with Crippen LogP contribution in [0.25, 0.3) is 0 Å². The molecule has 2 aromatic rings. The average molecular weight is 305 g/mol. The maximum absolute atomic E-state index is 12.4. The fraction of sp³-hybridized carbons (Fsp3) is 0.143. The van der Waals surface area contributed by atoms with E-state index < -0.39 is 0 Å². The highest BCUT2D eigenvalue weighted by molar-refractivity contribution is 9.10. The highest BCUT2D eigenvalue weighted by Gasteiger charge is 2.19. The highest BCUT2D eigenvalue weighted by atomic mass is 79.9. The number of pyridine rings is 1. The minimum atomic E-state index is -0.101. The molecule has 0 saturated heterocycles. The molecule has 1 amide bonds. The summed E-state index contributed by atoms with van der Waals surface area (Å²) in [5, 5.41) is 0. The Morgan fingerprint density at radius 3 is 2.56 bits per heavy atom. The molecule has 1 aromatic carbocycles. The van der Waals surface area contributed by atoms with Crippen LogP contribution in [0.1, 0.15) is 17.4 Å². The van der Waals surface area contributed by atoms with Crippen molar-refractivity contribution in [3.8, 4) is 0 Å². The zero-order valence-electron chi connectivity index (χ0n) is 10.0. The van der Waals surface area contributed by atoms with Crippen LogP contribution < -0.4 is 4.90 Å². The van der Waals surface area contributed by atoms with Gasteiger partial charge in [-0.2, -0.15) is 0 Å². The van der Waals surface area contributed by atoms with E-state index >= 15 is 0 Å². The van der Waals surface area contributed by atoms with E-state index in [0.29, 0.717) is 16.7 Å². The molecular formula is C14H13BrN2O. The number of carbonyl (C=O) groups excluding carboxylic acids is 1. The Balaban J connectivity index is 2.35. The van der Waals surface area contributed by atoms with Crippen LogP contribution in [0.4, 0.5) is 5.69 Å². The molecule has 0 N–H and O–H groups in total. The second-order valence-corrected chi connectivity index (χ2v) is 4.57. The van der Waals surface area contributed by atoms with Crippen molar-refractivity contribution in [3.63, 3.8) is 0 Å². The summed E-state index contributed by atoms with van der Waals surface area (Å²) in [5.41, 5.74) is 1.31. The molecule has 0 unspecified atom stereocenters. The maximum Gasteiger partial charge on any atom is 0.278 e. The van der Waals surface area contributed by atoms with E-state index in [1.807, 2.05) is 43.3 Å². The fourth-order valence-electron chi connectivity index (χ4n) is 1.72. The first kappa shape index (κ1) is 12.8. The van der Waals surface area contributed by atoms with E-state index in [2.05, 4.69) is 20.9 Å². The van der Waals surface area contributed by atoms with Gasteiger partial charge in [0.15, 0.2) is 0 Å². The minimum absolute atomic E-state index is 0.101. The van der Waals surface area contributed by atoms with Gasteiger partial charge in [-0.15, -0.1) is 0 Å². The minimum Gasteiger partial charge on any atom is -0.307 e. The van der Waals surface area contributed by atoms with E-state index in [1.165, 1.54) is 0 Å². The Morgan fingerprint density at radius 1 is 1.22 bits per heavy atom. The van der Waals surface area contributed by atoms with E-state index in [0.717, 1.165) is 5.69 Å². The molecule has 0 spiro atoms.